The van der Waals surface area contributed by atoms with E-state index in [1.165, 1.54) is 12.8 Å². The van der Waals surface area contributed by atoms with Crippen LogP contribution < -0.4 is 0 Å². The molecule has 0 bridgehead atoms. The van der Waals surface area contributed by atoms with E-state index in [1.54, 1.807) is 22.7 Å². The third-order valence-electron chi connectivity index (χ3n) is 3.45. The number of rotatable bonds is 6. The van der Waals surface area contributed by atoms with Crippen molar-refractivity contribution in [2.45, 2.75) is 26.2 Å². The second kappa shape index (κ2) is 6.06. The molecule has 0 atom stereocenters. The average molecular weight is 306 g/mol. The fraction of sp³-hybridized carbons (Fsp3) is 0.467. The minimum absolute atomic E-state index is 0.0940. The molecule has 0 aliphatic heterocycles. The number of thiophene rings is 1. The summed E-state index contributed by atoms with van der Waals surface area (Å²) in [5.41, 5.74) is 1.72. The van der Waals surface area contributed by atoms with E-state index in [0.717, 1.165) is 36.0 Å². The Morgan fingerprint density at radius 1 is 1.45 bits per heavy atom. The van der Waals surface area contributed by atoms with E-state index in [-0.39, 0.29) is 5.91 Å². The van der Waals surface area contributed by atoms with Crippen LogP contribution in [0.2, 0.25) is 0 Å². The highest BCUT2D eigenvalue weighted by Gasteiger charge is 2.27. The van der Waals surface area contributed by atoms with Gasteiger partial charge >= 0.3 is 0 Å². The molecule has 2 aromatic heterocycles. The molecule has 0 unspecified atom stereocenters. The third-order valence-corrected chi connectivity index (χ3v) is 5.02. The minimum Gasteiger partial charge on any atom is -0.337 e. The number of carbonyl (C=O) groups is 1. The van der Waals surface area contributed by atoms with E-state index in [1.807, 2.05) is 21.7 Å². The monoisotopic (exact) mass is 306 g/mol. The Labute approximate surface area is 127 Å². The molecule has 1 fully saturated rings. The number of carbonyl (C=O) groups excluding carboxylic acids is 1. The van der Waals surface area contributed by atoms with Crippen molar-refractivity contribution in [3.8, 4) is 10.6 Å². The van der Waals surface area contributed by atoms with Crippen LogP contribution in [-0.4, -0.2) is 28.9 Å². The van der Waals surface area contributed by atoms with Crippen molar-refractivity contribution in [2.24, 2.45) is 5.92 Å². The van der Waals surface area contributed by atoms with Gasteiger partial charge in [0.25, 0.3) is 5.91 Å². The molecule has 0 aromatic carbocycles. The predicted molar refractivity (Wildman–Crippen MR) is 84.3 cm³/mol. The summed E-state index contributed by atoms with van der Waals surface area (Å²) in [6.45, 7) is 3.85. The molecule has 3 nitrogen and oxygen atoms in total. The largest absolute Gasteiger partial charge is 0.337 e. The Hall–Kier alpha value is -1.20. The van der Waals surface area contributed by atoms with Crippen LogP contribution in [0.25, 0.3) is 10.6 Å². The number of amides is 1. The predicted octanol–water partition coefficient (Wildman–Crippen LogP) is 4.13. The maximum Gasteiger partial charge on any atom is 0.273 e. The highest BCUT2D eigenvalue weighted by Crippen LogP contribution is 2.31. The van der Waals surface area contributed by atoms with Crippen LogP contribution in [0, 0.1) is 5.92 Å². The smallest absolute Gasteiger partial charge is 0.273 e. The summed E-state index contributed by atoms with van der Waals surface area (Å²) in [7, 11) is 0. The Balaban J connectivity index is 1.74. The fourth-order valence-corrected chi connectivity index (χ4v) is 3.72. The van der Waals surface area contributed by atoms with Crippen LogP contribution in [0.1, 0.15) is 36.7 Å². The molecule has 1 amide bonds. The number of nitrogens with zero attached hydrogens (tertiary/aromatic N) is 2. The third kappa shape index (κ3) is 3.10. The van der Waals surface area contributed by atoms with Crippen molar-refractivity contribution < 1.29 is 4.79 Å². The summed E-state index contributed by atoms with van der Waals surface area (Å²) in [5, 5.41) is 6.94. The molecule has 1 saturated carbocycles. The van der Waals surface area contributed by atoms with E-state index in [9.17, 15) is 4.79 Å². The molecule has 1 aliphatic carbocycles. The van der Waals surface area contributed by atoms with Crippen molar-refractivity contribution in [2.75, 3.05) is 13.1 Å². The van der Waals surface area contributed by atoms with Crippen molar-refractivity contribution in [1.82, 2.24) is 9.88 Å². The van der Waals surface area contributed by atoms with Gasteiger partial charge in [-0.05, 0) is 36.6 Å². The fourth-order valence-electron chi connectivity index (χ4n) is 2.21. The minimum atomic E-state index is 0.0940. The lowest BCUT2D eigenvalue weighted by molar-refractivity contribution is 0.0742. The van der Waals surface area contributed by atoms with Crippen LogP contribution >= 0.6 is 22.7 Å². The van der Waals surface area contributed by atoms with Crippen LogP contribution in [0.4, 0.5) is 0 Å². The van der Waals surface area contributed by atoms with E-state index in [4.69, 9.17) is 0 Å². The van der Waals surface area contributed by atoms with Crippen LogP contribution in [0.5, 0.6) is 0 Å². The Morgan fingerprint density at radius 2 is 2.30 bits per heavy atom. The van der Waals surface area contributed by atoms with Gasteiger partial charge in [-0.2, -0.15) is 11.3 Å². The summed E-state index contributed by atoms with van der Waals surface area (Å²) in [5.74, 6) is 0.817. The van der Waals surface area contributed by atoms with Gasteiger partial charge in [-0.25, -0.2) is 4.98 Å². The zero-order valence-corrected chi connectivity index (χ0v) is 13.2. The summed E-state index contributed by atoms with van der Waals surface area (Å²) < 4.78 is 0. The SMILES string of the molecule is CCCN(CC1CC1)C(=O)c1csc(-c2ccsc2)n1. The molecular formula is C15H18N2OS2. The number of hydrogen-bond acceptors (Lipinski definition) is 4. The molecular weight excluding hydrogens is 288 g/mol. The van der Waals surface area contributed by atoms with Gasteiger partial charge in [-0.3, -0.25) is 4.79 Å². The first kappa shape index (κ1) is 13.8. The van der Waals surface area contributed by atoms with Crippen molar-refractivity contribution in [1.29, 1.82) is 0 Å². The average Bonchev–Trinajstić information content (AvgIpc) is 2.97. The first-order valence-electron chi connectivity index (χ1n) is 7.05. The maximum atomic E-state index is 12.6. The molecule has 1 aliphatic rings. The van der Waals surface area contributed by atoms with Crippen LogP contribution in [0.15, 0.2) is 22.2 Å². The van der Waals surface area contributed by atoms with Gasteiger partial charge in [0.15, 0.2) is 0 Å². The highest BCUT2D eigenvalue weighted by atomic mass is 32.1. The number of aromatic nitrogens is 1. The highest BCUT2D eigenvalue weighted by molar-refractivity contribution is 7.14. The number of thiazole rings is 1. The summed E-state index contributed by atoms with van der Waals surface area (Å²) in [6.07, 6.45) is 3.54. The molecule has 20 heavy (non-hydrogen) atoms. The van der Waals surface area contributed by atoms with Crippen molar-refractivity contribution >= 4 is 28.6 Å². The van der Waals surface area contributed by atoms with Crippen LogP contribution in [-0.2, 0) is 0 Å². The molecule has 2 aromatic rings. The molecule has 2 heterocycles. The first-order chi connectivity index (χ1) is 9.78. The summed E-state index contributed by atoms with van der Waals surface area (Å²) in [6, 6.07) is 2.05. The molecule has 0 radical (unpaired) electrons. The van der Waals surface area contributed by atoms with Crippen molar-refractivity contribution in [3.05, 3.63) is 27.9 Å². The van der Waals surface area contributed by atoms with Gasteiger partial charge < -0.3 is 4.90 Å². The quantitative estimate of drug-likeness (QED) is 0.804. The van der Waals surface area contributed by atoms with E-state index < -0.39 is 0 Å². The standard InChI is InChI=1S/C15H18N2OS2/c1-2-6-17(8-11-3-4-11)15(18)13-10-20-14(16-13)12-5-7-19-9-12/h5,7,9-11H,2-4,6,8H2,1H3. The van der Waals surface area contributed by atoms with Gasteiger partial charge in [-0.1, -0.05) is 6.92 Å². The lowest BCUT2D eigenvalue weighted by Gasteiger charge is -2.20. The van der Waals surface area contributed by atoms with E-state index in [2.05, 4.69) is 17.3 Å². The molecule has 0 N–H and O–H groups in total. The maximum absolute atomic E-state index is 12.6. The summed E-state index contributed by atoms with van der Waals surface area (Å²) >= 11 is 3.21. The molecule has 5 heteroatoms. The Morgan fingerprint density at radius 3 is 2.95 bits per heavy atom. The Kier molecular flexibility index (Phi) is 4.17. The molecule has 106 valence electrons. The normalized spacial score (nSPS) is 14.4. The number of hydrogen-bond donors (Lipinski definition) is 0. The van der Waals surface area contributed by atoms with Gasteiger partial charge in [0.2, 0.25) is 0 Å². The lowest BCUT2D eigenvalue weighted by atomic mass is 10.3. The van der Waals surface area contributed by atoms with Gasteiger partial charge in [0.05, 0.1) is 0 Å². The second-order valence-corrected chi connectivity index (χ2v) is 6.88. The van der Waals surface area contributed by atoms with Crippen molar-refractivity contribution in [3.63, 3.8) is 0 Å². The molecule has 0 spiro atoms. The molecule has 3 rings (SSSR count). The zero-order chi connectivity index (χ0) is 13.9. The summed E-state index contributed by atoms with van der Waals surface area (Å²) in [4.78, 5) is 19.0. The van der Waals surface area contributed by atoms with E-state index in [0.29, 0.717) is 5.69 Å². The van der Waals surface area contributed by atoms with Gasteiger partial charge in [0.1, 0.15) is 10.7 Å². The van der Waals surface area contributed by atoms with E-state index >= 15 is 0 Å². The van der Waals surface area contributed by atoms with Gasteiger partial charge in [-0.15, -0.1) is 11.3 Å². The molecule has 0 saturated heterocycles. The topological polar surface area (TPSA) is 33.2 Å². The van der Waals surface area contributed by atoms with Gasteiger partial charge in [0, 0.05) is 29.4 Å². The Bertz CT molecular complexity index is 572. The first-order valence-corrected chi connectivity index (χ1v) is 8.87. The lowest BCUT2D eigenvalue weighted by Crippen LogP contribution is -2.33. The second-order valence-electron chi connectivity index (χ2n) is 5.24. The van der Waals surface area contributed by atoms with Crippen LogP contribution in [0.3, 0.4) is 0 Å². The zero-order valence-electron chi connectivity index (χ0n) is 11.5.